The zero-order valence-electron chi connectivity index (χ0n) is 15.7. The molecule has 5 nitrogen and oxygen atoms in total. The van der Waals surface area contributed by atoms with Gasteiger partial charge in [-0.2, -0.15) is 5.26 Å². The molecule has 0 saturated heterocycles. The lowest BCUT2D eigenvalue weighted by Gasteiger charge is -2.13. The van der Waals surface area contributed by atoms with E-state index in [-0.39, 0.29) is 5.56 Å². The summed E-state index contributed by atoms with van der Waals surface area (Å²) in [5, 5.41) is 10.3. The highest BCUT2D eigenvalue weighted by Crippen LogP contribution is 2.35. The molecule has 0 atom stereocenters. The fourth-order valence-corrected chi connectivity index (χ4v) is 5.78. The summed E-state index contributed by atoms with van der Waals surface area (Å²) in [5.74, 6) is 1.30. The highest BCUT2D eigenvalue weighted by molar-refractivity contribution is 7.99. The van der Waals surface area contributed by atoms with Crippen LogP contribution in [0.3, 0.4) is 0 Å². The molecule has 7 heteroatoms. The topological polar surface area (TPSA) is 67.9 Å². The van der Waals surface area contributed by atoms with Gasteiger partial charge in [0.05, 0.1) is 24.3 Å². The van der Waals surface area contributed by atoms with E-state index in [4.69, 9.17) is 15.0 Å². The number of hydrogen-bond donors (Lipinski definition) is 0. The Hall–Kier alpha value is -2.30. The van der Waals surface area contributed by atoms with E-state index in [1.807, 2.05) is 24.3 Å². The van der Waals surface area contributed by atoms with Crippen molar-refractivity contribution < 1.29 is 4.74 Å². The van der Waals surface area contributed by atoms with Crippen molar-refractivity contribution >= 4 is 33.3 Å². The van der Waals surface area contributed by atoms with Crippen LogP contribution in [0.4, 0.5) is 0 Å². The Morgan fingerprint density at radius 1 is 1.32 bits per heavy atom. The van der Waals surface area contributed by atoms with Crippen LogP contribution in [0.15, 0.2) is 34.2 Å². The maximum Gasteiger partial charge on any atom is 0.267 e. The standard InChI is InChI=1S/C21H21N3O2S2/c1-26-15-8-5-7-14(13-15)24-20(25)18-16-9-3-2-4-10-17(16)28-19(18)23-21(24)27-12-6-11-22/h5,7-8,13H,2-4,6,9-10,12H2,1H3. The van der Waals surface area contributed by atoms with Crippen molar-refractivity contribution in [1.82, 2.24) is 9.55 Å². The number of nitriles is 1. The SMILES string of the molecule is COc1cccc(-n2c(SCCC#N)nc3sc4c(c3c2=O)CCCCC4)c1. The molecule has 0 aliphatic heterocycles. The number of hydrogen-bond acceptors (Lipinski definition) is 6. The van der Waals surface area contributed by atoms with Crippen LogP contribution in [0.1, 0.15) is 36.1 Å². The molecule has 1 aliphatic carbocycles. The zero-order chi connectivity index (χ0) is 19.5. The van der Waals surface area contributed by atoms with Crippen molar-refractivity contribution in [2.45, 2.75) is 43.7 Å². The second-order valence-electron chi connectivity index (χ2n) is 6.74. The zero-order valence-corrected chi connectivity index (χ0v) is 17.4. The first kappa shape index (κ1) is 19.0. The number of aromatic nitrogens is 2. The third-order valence-corrected chi connectivity index (χ3v) is 7.09. The van der Waals surface area contributed by atoms with Crippen molar-refractivity contribution in [3.05, 3.63) is 45.1 Å². The van der Waals surface area contributed by atoms with Crippen LogP contribution in [0.5, 0.6) is 5.75 Å². The predicted octanol–water partition coefficient (Wildman–Crippen LogP) is 4.73. The summed E-state index contributed by atoms with van der Waals surface area (Å²) in [4.78, 5) is 20.6. The molecule has 0 bridgehead atoms. The second kappa shape index (κ2) is 8.38. The van der Waals surface area contributed by atoms with Crippen LogP contribution < -0.4 is 10.3 Å². The van der Waals surface area contributed by atoms with Gasteiger partial charge in [-0.05, 0) is 43.4 Å². The summed E-state index contributed by atoms with van der Waals surface area (Å²) in [6.45, 7) is 0. The first-order valence-corrected chi connectivity index (χ1v) is 11.2. The van der Waals surface area contributed by atoms with Crippen LogP contribution in [-0.2, 0) is 12.8 Å². The highest BCUT2D eigenvalue weighted by atomic mass is 32.2. The Bertz CT molecular complexity index is 1110. The lowest BCUT2D eigenvalue weighted by molar-refractivity contribution is 0.414. The number of benzene rings is 1. The van der Waals surface area contributed by atoms with Crippen molar-refractivity contribution in [3.8, 4) is 17.5 Å². The van der Waals surface area contributed by atoms with Crippen LogP contribution >= 0.6 is 23.1 Å². The van der Waals surface area contributed by atoms with Crippen LogP contribution in [0.2, 0.25) is 0 Å². The lowest BCUT2D eigenvalue weighted by atomic mass is 10.1. The number of thiophene rings is 1. The normalized spacial score (nSPS) is 13.7. The minimum atomic E-state index is -0.0166. The molecule has 144 valence electrons. The number of aryl methyl sites for hydroxylation is 2. The number of thioether (sulfide) groups is 1. The highest BCUT2D eigenvalue weighted by Gasteiger charge is 2.22. The summed E-state index contributed by atoms with van der Waals surface area (Å²) in [5.41, 5.74) is 1.92. The number of ether oxygens (including phenoxy) is 1. The van der Waals surface area contributed by atoms with Gasteiger partial charge in [0.15, 0.2) is 5.16 Å². The Morgan fingerprint density at radius 3 is 3.00 bits per heavy atom. The monoisotopic (exact) mass is 411 g/mol. The van der Waals surface area contributed by atoms with E-state index < -0.39 is 0 Å². The molecule has 1 aromatic carbocycles. The summed E-state index contributed by atoms with van der Waals surface area (Å²) >= 11 is 3.12. The van der Waals surface area contributed by atoms with Crippen molar-refractivity contribution in [2.75, 3.05) is 12.9 Å². The molecule has 0 radical (unpaired) electrons. The van der Waals surface area contributed by atoms with Gasteiger partial charge in [0.25, 0.3) is 5.56 Å². The van der Waals surface area contributed by atoms with E-state index in [0.717, 1.165) is 35.2 Å². The maximum absolute atomic E-state index is 13.6. The van der Waals surface area contributed by atoms with Crippen LogP contribution in [-0.4, -0.2) is 22.4 Å². The third kappa shape index (κ3) is 3.54. The van der Waals surface area contributed by atoms with Gasteiger partial charge in [-0.15, -0.1) is 11.3 Å². The molecule has 0 fully saturated rings. The molecule has 0 amide bonds. The fraction of sp³-hybridized carbons (Fsp3) is 0.381. The van der Waals surface area contributed by atoms with Gasteiger partial charge in [0.1, 0.15) is 10.6 Å². The van der Waals surface area contributed by atoms with E-state index >= 15 is 0 Å². The van der Waals surface area contributed by atoms with Gasteiger partial charge >= 0.3 is 0 Å². The molecular formula is C21H21N3O2S2. The van der Waals surface area contributed by atoms with Gasteiger partial charge in [-0.25, -0.2) is 4.98 Å². The van der Waals surface area contributed by atoms with E-state index in [2.05, 4.69) is 6.07 Å². The summed E-state index contributed by atoms with van der Waals surface area (Å²) in [6, 6.07) is 9.65. The number of methoxy groups -OCH3 is 1. The molecular weight excluding hydrogens is 390 g/mol. The molecule has 2 aromatic heterocycles. The van der Waals surface area contributed by atoms with Crippen LogP contribution in [0.25, 0.3) is 15.9 Å². The van der Waals surface area contributed by atoms with Crippen molar-refractivity contribution in [3.63, 3.8) is 0 Å². The minimum absolute atomic E-state index is 0.0166. The van der Waals surface area contributed by atoms with Gasteiger partial charge in [-0.3, -0.25) is 9.36 Å². The molecule has 0 unspecified atom stereocenters. The average Bonchev–Trinajstić information content (AvgIpc) is 2.90. The van der Waals surface area contributed by atoms with E-state index in [1.54, 1.807) is 23.0 Å². The average molecular weight is 412 g/mol. The van der Waals surface area contributed by atoms with Gasteiger partial charge < -0.3 is 4.74 Å². The number of rotatable bonds is 5. The first-order chi connectivity index (χ1) is 13.7. The first-order valence-electron chi connectivity index (χ1n) is 9.44. The van der Waals surface area contributed by atoms with E-state index in [0.29, 0.717) is 23.1 Å². The molecule has 2 heterocycles. The molecule has 0 N–H and O–H groups in total. The molecule has 3 aromatic rings. The smallest absolute Gasteiger partial charge is 0.267 e. The largest absolute Gasteiger partial charge is 0.497 e. The van der Waals surface area contributed by atoms with E-state index in [1.165, 1.54) is 35.0 Å². The third-order valence-electron chi connectivity index (χ3n) is 4.96. The predicted molar refractivity (Wildman–Crippen MR) is 114 cm³/mol. The Kier molecular flexibility index (Phi) is 5.69. The van der Waals surface area contributed by atoms with Crippen molar-refractivity contribution in [1.29, 1.82) is 5.26 Å². The number of nitrogens with zero attached hydrogens (tertiary/aromatic N) is 3. The Morgan fingerprint density at radius 2 is 2.18 bits per heavy atom. The molecule has 0 saturated carbocycles. The Labute approximate surface area is 172 Å². The Balaban J connectivity index is 1.94. The quantitative estimate of drug-likeness (QED) is 0.263. The van der Waals surface area contributed by atoms with Gasteiger partial charge in [0.2, 0.25) is 0 Å². The molecule has 1 aliphatic rings. The lowest BCUT2D eigenvalue weighted by Crippen LogP contribution is -2.22. The minimum Gasteiger partial charge on any atom is -0.497 e. The van der Waals surface area contributed by atoms with Crippen LogP contribution in [0, 0.1) is 11.3 Å². The molecule has 28 heavy (non-hydrogen) atoms. The summed E-state index contributed by atoms with van der Waals surface area (Å²) in [7, 11) is 1.62. The second-order valence-corrected chi connectivity index (χ2v) is 8.88. The summed E-state index contributed by atoms with van der Waals surface area (Å²) < 4.78 is 7.04. The van der Waals surface area contributed by atoms with Gasteiger partial charge in [-0.1, -0.05) is 24.2 Å². The maximum atomic E-state index is 13.6. The van der Waals surface area contributed by atoms with Gasteiger partial charge in [0, 0.05) is 23.1 Å². The summed E-state index contributed by atoms with van der Waals surface area (Å²) in [6.07, 6.45) is 5.90. The number of fused-ring (bicyclic) bond motifs is 3. The molecule has 4 rings (SSSR count). The van der Waals surface area contributed by atoms with Crippen molar-refractivity contribution in [2.24, 2.45) is 0 Å². The fourth-order valence-electron chi connectivity index (χ4n) is 3.63. The van der Waals surface area contributed by atoms with E-state index in [9.17, 15) is 4.79 Å². The molecule has 0 spiro atoms.